The van der Waals surface area contributed by atoms with Crippen molar-refractivity contribution in [1.82, 2.24) is 4.90 Å². The van der Waals surface area contributed by atoms with E-state index in [1.807, 2.05) is 19.1 Å². The molecule has 1 amide bonds. The number of hydrogen-bond acceptors (Lipinski definition) is 3. The number of carbonyl (C=O) groups is 1. The predicted octanol–water partition coefficient (Wildman–Crippen LogP) is 3.63. The molecular weight excluding hydrogens is 310 g/mol. The zero-order valence-electron chi connectivity index (χ0n) is 13.9. The highest BCUT2D eigenvalue weighted by Crippen LogP contribution is 2.23. The number of carbonyl (C=O) groups excluding carboxylic acids is 1. The Bertz CT molecular complexity index is 588. The van der Waals surface area contributed by atoms with Crippen molar-refractivity contribution in [3.63, 3.8) is 0 Å². The summed E-state index contributed by atoms with van der Waals surface area (Å²) in [6, 6.07) is 7.69. The molecule has 1 aromatic carbocycles. The minimum Gasteiger partial charge on any atom is -0.310 e. The Labute approximate surface area is 143 Å². The zero-order valence-corrected chi connectivity index (χ0v) is 14.6. The third kappa shape index (κ3) is 4.95. The van der Waals surface area contributed by atoms with Gasteiger partial charge < -0.3 is 4.90 Å². The summed E-state index contributed by atoms with van der Waals surface area (Å²) in [4.78, 5) is 16.7. The number of benzene rings is 1. The molecule has 0 bridgehead atoms. The summed E-state index contributed by atoms with van der Waals surface area (Å²) in [5, 5.41) is 9.56. The highest BCUT2D eigenvalue weighted by atomic mass is 35.5. The minimum atomic E-state index is 0.0523. The summed E-state index contributed by atoms with van der Waals surface area (Å²) in [7, 11) is 0. The summed E-state index contributed by atoms with van der Waals surface area (Å²) < 4.78 is 0. The Morgan fingerprint density at radius 3 is 2.74 bits per heavy atom. The molecule has 23 heavy (non-hydrogen) atoms. The second kappa shape index (κ2) is 8.33. The van der Waals surface area contributed by atoms with Crippen molar-refractivity contribution >= 4 is 23.2 Å². The molecule has 0 spiro atoms. The van der Waals surface area contributed by atoms with E-state index >= 15 is 0 Å². The first-order valence-electron chi connectivity index (χ1n) is 8.17. The summed E-state index contributed by atoms with van der Waals surface area (Å²) >= 11 is 6.07. The van der Waals surface area contributed by atoms with Crippen molar-refractivity contribution in [1.29, 1.82) is 5.26 Å². The van der Waals surface area contributed by atoms with Crippen molar-refractivity contribution in [2.24, 2.45) is 5.92 Å². The van der Waals surface area contributed by atoms with Crippen LogP contribution in [-0.4, -0.2) is 37.0 Å². The van der Waals surface area contributed by atoms with Gasteiger partial charge in [0.2, 0.25) is 5.91 Å². The quantitative estimate of drug-likeness (QED) is 0.826. The molecule has 5 heteroatoms. The van der Waals surface area contributed by atoms with Crippen LogP contribution in [0.4, 0.5) is 5.69 Å². The van der Waals surface area contributed by atoms with Gasteiger partial charge in [0.25, 0.3) is 0 Å². The van der Waals surface area contributed by atoms with E-state index in [4.69, 9.17) is 16.9 Å². The van der Waals surface area contributed by atoms with Gasteiger partial charge >= 0.3 is 0 Å². The van der Waals surface area contributed by atoms with E-state index in [0.29, 0.717) is 24.5 Å². The molecule has 1 aromatic rings. The van der Waals surface area contributed by atoms with Crippen LogP contribution in [0.15, 0.2) is 18.2 Å². The second-order valence-electron chi connectivity index (χ2n) is 6.35. The van der Waals surface area contributed by atoms with E-state index in [1.54, 1.807) is 11.0 Å². The van der Waals surface area contributed by atoms with Crippen molar-refractivity contribution in [3.8, 4) is 6.07 Å². The monoisotopic (exact) mass is 333 g/mol. The molecule has 1 aliphatic rings. The van der Waals surface area contributed by atoms with Gasteiger partial charge in [0.05, 0.1) is 19.0 Å². The first kappa shape index (κ1) is 17.8. The van der Waals surface area contributed by atoms with Crippen LogP contribution in [0.25, 0.3) is 0 Å². The number of likely N-dealkylation sites (tertiary alicyclic amines) is 1. The van der Waals surface area contributed by atoms with Crippen LogP contribution in [-0.2, 0) is 4.79 Å². The number of amides is 1. The number of aryl methyl sites for hydroxylation is 1. The summed E-state index contributed by atoms with van der Waals surface area (Å²) in [5.41, 5.74) is 1.75. The second-order valence-corrected chi connectivity index (χ2v) is 6.75. The van der Waals surface area contributed by atoms with Gasteiger partial charge in [-0.3, -0.25) is 9.69 Å². The van der Waals surface area contributed by atoms with Gasteiger partial charge in [-0.15, -0.1) is 0 Å². The highest BCUT2D eigenvalue weighted by molar-refractivity contribution is 6.31. The summed E-state index contributed by atoms with van der Waals surface area (Å²) in [6.07, 6.45) is 2.61. The third-order valence-electron chi connectivity index (χ3n) is 4.44. The molecular formula is C18H24ClN3O. The van der Waals surface area contributed by atoms with Crippen LogP contribution >= 0.6 is 11.6 Å². The number of halogens is 1. The maximum Gasteiger partial charge on any atom is 0.241 e. The van der Waals surface area contributed by atoms with Crippen LogP contribution in [0.3, 0.4) is 0 Å². The Hall–Kier alpha value is -1.57. The molecule has 0 unspecified atom stereocenters. The van der Waals surface area contributed by atoms with Crippen molar-refractivity contribution in [3.05, 3.63) is 28.8 Å². The minimum absolute atomic E-state index is 0.0523. The fourth-order valence-electron chi connectivity index (χ4n) is 2.85. The molecule has 1 aliphatic heterocycles. The largest absolute Gasteiger partial charge is 0.310 e. The van der Waals surface area contributed by atoms with Gasteiger partial charge in [0.1, 0.15) is 0 Å². The lowest BCUT2D eigenvalue weighted by molar-refractivity contribution is -0.120. The Morgan fingerprint density at radius 1 is 1.43 bits per heavy atom. The van der Waals surface area contributed by atoms with Gasteiger partial charge in [-0.1, -0.05) is 18.5 Å². The lowest BCUT2D eigenvalue weighted by Gasteiger charge is -2.32. The number of rotatable bonds is 5. The normalized spacial score (nSPS) is 16.1. The van der Waals surface area contributed by atoms with Gasteiger partial charge in [-0.2, -0.15) is 5.26 Å². The Morgan fingerprint density at radius 2 is 2.13 bits per heavy atom. The van der Waals surface area contributed by atoms with Gasteiger partial charge in [-0.05, 0) is 62.5 Å². The van der Waals surface area contributed by atoms with E-state index in [0.717, 1.165) is 43.1 Å². The summed E-state index contributed by atoms with van der Waals surface area (Å²) in [5.74, 6) is 0.798. The molecule has 0 atom stereocenters. The summed E-state index contributed by atoms with van der Waals surface area (Å²) in [6.45, 7) is 6.96. The number of anilines is 1. The Kier molecular flexibility index (Phi) is 6.44. The fourth-order valence-corrected chi connectivity index (χ4v) is 2.97. The van der Waals surface area contributed by atoms with Crippen LogP contribution in [0.1, 0.15) is 31.7 Å². The molecule has 124 valence electrons. The maximum absolute atomic E-state index is 12.7. The number of nitrogens with zero attached hydrogens (tertiary/aromatic N) is 3. The van der Waals surface area contributed by atoms with Crippen LogP contribution in [0.5, 0.6) is 0 Å². The van der Waals surface area contributed by atoms with Crippen LogP contribution < -0.4 is 4.90 Å². The SMILES string of the molecule is Cc1cc(N(CCC#N)C(=O)CN2CCC(C)CC2)ccc1Cl. The lowest BCUT2D eigenvalue weighted by atomic mass is 9.99. The maximum atomic E-state index is 12.7. The molecule has 0 N–H and O–H groups in total. The number of hydrogen-bond donors (Lipinski definition) is 0. The van der Waals surface area contributed by atoms with E-state index in [-0.39, 0.29) is 5.91 Å². The highest BCUT2D eigenvalue weighted by Gasteiger charge is 2.22. The van der Waals surface area contributed by atoms with E-state index in [9.17, 15) is 4.79 Å². The average Bonchev–Trinajstić information content (AvgIpc) is 2.53. The molecule has 4 nitrogen and oxygen atoms in total. The van der Waals surface area contributed by atoms with Crippen molar-refractivity contribution in [2.75, 3.05) is 31.1 Å². The average molecular weight is 334 g/mol. The fraction of sp³-hybridized carbons (Fsp3) is 0.556. The topological polar surface area (TPSA) is 47.3 Å². The first-order chi connectivity index (χ1) is 11.0. The molecule has 0 radical (unpaired) electrons. The number of piperidine rings is 1. The molecule has 0 saturated carbocycles. The molecule has 1 heterocycles. The van der Waals surface area contributed by atoms with Crippen LogP contribution in [0.2, 0.25) is 5.02 Å². The molecule has 1 saturated heterocycles. The first-order valence-corrected chi connectivity index (χ1v) is 8.55. The molecule has 0 aliphatic carbocycles. The zero-order chi connectivity index (χ0) is 16.8. The predicted molar refractivity (Wildman–Crippen MR) is 93.6 cm³/mol. The third-order valence-corrected chi connectivity index (χ3v) is 4.86. The van der Waals surface area contributed by atoms with E-state index in [1.165, 1.54) is 0 Å². The molecule has 0 aromatic heterocycles. The smallest absolute Gasteiger partial charge is 0.241 e. The Balaban J connectivity index is 2.09. The van der Waals surface area contributed by atoms with Gasteiger partial charge in [0, 0.05) is 17.3 Å². The lowest BCUT2D eigenvalue weighted by Crippen LogP contribution is -2.43. The number of nitriles is 1. The standard InChI is InChI=1S/C18H24ClN3O/c1-14-6-10-21(11-7-14)13-18(23)22(9-3-8-20)16-4-5-17(19)15(2)12-16/h4-5,12,14H,3,6-7,9-11,13H2,1-2H3. The van der Waals surface area contributed by atoms with E-state index < -0.39 is 0 Å². The van der Waals surface area contributed by atoms with Gasteiger partial charge in [-0.25, -0.2) is 0 Å². The van der Waals surface area contributed by atoms with Crippen LogP contribution in [0, 0.1) is 24.2 Å². The van der Waals surface area contributed by atoms with Crippen molar-refractivity contribution in [2.45, 2.75) is 33.1 Å². The molecule has 2 rings (SSSR count). The van der Waals surface area contributed by atoms with E-state index in [2.05, 4.69) is 17.9 Å². The molecule has 1 fully saturated rings. The van der Waals surface area contributed by atoms with Crippen molar-refractivity contribution < 1.29 is 4.79 Å². The van der Waals surface area contributed by atoms with Gasteiger partial charge in [0.15, 0.2) is 0 Å².